The molecule has 0 aromatic heterocycles. The zero-order valence-electron chi connectivity index (χ0n) is 2.16. The molecule has 0 saturated heterocycles. The summed E-state index contributed by atoms with van der Waals surface area (Å²) < 4.78 is 0. The van der Waals surface area contributed by atoms with E-state index in [2.05, 4.69) is 0 Å². The van der Waals surface area contributed by atoms with Crippen LogP contribution in [0.3, 0.4) is 0 Å². The van der Waals surface area contributed by atoms with Gasteiger partial charge in [-0.15, -0.1) is 0 Å². The minimum absolute atomic E-state index is 0. The summed E-state index contributed by atoms with van der Waals surface area (Å²) in [6, 6.07) is 0. The summed E-state index contributed by atoms with van der Waals surface area (Å²) >= 11 is 0. The fraction of sp³-hybridized carbons (Fsp3) is 0. The van der Waals surface area contributed by atoms with Gasteiger partial charge in [0.15, 0.2) is 0 Å². The Hall–Kier alpha value is 2.36. The van der Waals surface area contributed by atoms with Crippen LogP contribution < -0.4 is 0 Å². The van der Waals surface area contributed by atoms with Crippen molar-refractivity contribution in [2.24, 2.45) is 0 Å². The molecule has 0 amide bonds. The van der Waals surface area contributed by atoms with Crippen molar-refractivity contribution in [2.45, 2.75) is 0 Å². The SMILES string of the molecule is [Co].[Li].[Mn].[Nb]. The molecule has 0 atom stereocenters. The Labute approximate surface area is 74.2 Å². The van der Waals surface area contributed by atoms with E-state index in [1.54, 1.807) is 0 Å². The van der Waals surface area contributed by atoms with E-state index in [9.17, 15) is 0 Å². The Morgan fingerprint density at radius 1 is 1.00 bits per heavy atom. The van der Waals surface area contributed by atoms with Gasteiger partial charge >= 0.3 is 0 Å². The monoisotopic (exact) mass is 214 g/mol. The molecule has 4 heteroatoms. The number of rotatable bonds is 0. The first kappa shape index (κ1) is 32.8. The molecule has 4 radical (unpaired) electrons. The van der Waals surface area contributed by atoms with E-state index < -0.39 is 0 Å². The Bertz CT molecular complexity index is 8.00. The fourth-order valence-electron chi connectivity index (χ4n) is 0. The summed E-state index contributed by atoms with van der Waals surface area (Å²) in [5, 5.41) is 0. The molecule has 0 aromatic rings. The average molecular weight is 214 g/mol. The second kappa shape index (κ2) is 18.3. The van der Waals surface area contributed by atoms with Gasteiger partial charge in [-0.1, -0.05) is 0 Å². The first-order chi connectivity index (χ1) is 0. The maximum absolute atomic E-state index is 0. The molecule has 0 N–H and O–H groups in total. The molecule has 0 rings (SSSR count). The molecule has 0 bridgehead atoms. The molecule has 0 aromatic carbocycles. The maximum Gasteiger partial charge on any atom is 0 e. The van der Waals surface area contributed by atoms with E-state index >= 15 is 0 Å². The van der Waals surface area contributed by atoms with E-state index in [0.29, 0.717) is 0 Å². The van der Waals surface area contributed by atoms with Crippen LogP contribution >= 0.6 is 0 Å². The molecule has 4 heavy (non-hydrogen) atoms. The van der Waals surface area contributed by atoms with E-state index in [0.717, 1.165) is 0 Å². The van der Waals surface area contributed by atoms with Crippen molar-refractivity contribution in [1.82, 2.24) is 0 Å². The molecule has 0 aliphatic heterocycles. The van der Waals surface area contributed by atoms with Gasteiger partial charge in [0.25, 0.3) is 0 Å². The first-order valence-electron chi connectivity index (χ1n) is 0. The van der Waals surface area contributed by atoms with E-state index in [4.69, 9.17) is 0 Å². The fourth-order valence-corrected chi connectivity index (χ4v) is 0. The third-order valence-electron chi connectivity index (χ3n) is 0. The third kappa shape index (κ3) is 8.84. The van der Waals surface area contributed by atoms with Gasteiger partial charge in [-0.05, 0) is 0 Å². The predicted molar refractivity (Wildman–Crippen MR) is 5.75 cm³/mol. The minimum Gasteiger partial charge on any atom is 0 e. The van der Waals surface area contributed by atoms with Crippen LogP contribution in [-0.2, 0) is 56.2 Å². The Morgan fingerprint density at radius 2 is 1.00 bits per heavy atom. The molecular formula is CoLiMnNb. The third-order valence-corrected chi connectivity index (χ3v) is 0. The topological polar surface area (TPSA) is 0 Å². The normalized spacial score (nSPS) is 0. The van der Waals surface area contributed by atoms with Gasteiger partial charge in [0.05, 0.1) is 0 Å². The van der Waals surface area contributed by atoms with Gasteiger partial charge in [0, 0.05) is 75.1 Å². The molecule has 0 heterocycles. The standard InChI is InChI=1S/Co.Li.Mn.Nb. The van der Waals surface area contributed by atoms with E-state index in [-0.39, 0.29) is 75.1 Å². The van der Waals surface area contributed by atoms with Gasteiger partial charge in [-0.2, -0.15) is 0 Å². The van der Waals surface area contributed by atoms with Crippen molar-refractivity contribution in [3.8, 4) is 0 Å². The smallest absolute Gasteiger partial charge is 0 e. The number of hydrogen-bond donors (Lipinski definition) is 0. The second-order valence-electron chi connectivity index (χ2n) is 0. The number of hydrogen-bond acceptors (Lipinski definition) is 0. The molecule has 0 aliphatic rings. The Balaban J connectivity index is 0. The summed E-state index contributed by atoms with van der Waals surface area (Å²) in [5.41, 5.74) is 0. The molecule has 0 saturated carbocycles. The maximum atomic E-state index is 0. The van der Waals surface area contributed by atoms with Crippen LogP contribution in [0.25, 0.3) is 0 Å². The zero-order valence-corrected chi connectivity index (χ0v) is 6.58. The summed E-state index contributed by atoms with van der Waals surface area (Å²) in [5.74, 6) is 0. The van der Waals surface area contributed by atoms with Crippen molar-refractivity contribution in [3.63, 3.8) is 0 Å². The van der Waals surface area contributed by atoms with Crippen LogP contribution in [0.1, 0.15) is 0 Å². The molecule has 0 nitrogen and oxygen atoms in total. The second-order valence-corrected chi connectivity index (χ2v) is 0. The Morgan fingerprint density at radius 3 is 1.00 bits per heavy atom. The zero-order chi connectivity index (χ0) is 0. The predicted octanol–water partition coefficient (Wildman–Crippen LogP) is -0.388. The quantitative estimate of drug-likeness (QED) is 0.481. The van der Waals surface area contributed by atoms with Crippen LogP contribution in [0.15, 0.2) is 0 Å². The van der Waals surface area contributed by atoms with E-state index in [1.165, 1.54) is 0 Å². The van der Waals surface area contributed by atoms with Gasteiger partial charge in [-0.25, -0.2) is 0 Å². The first-order valence-corrected chi connectivity index (χ1v) is 0. The average Bonchev–Trinajstić information content (AvgIpc) is 0. The summed E-state index contributed by atoms with van der Waals surface area (Å²) in [7, 11) is 0. The van der Waals surface area contributed by atoms with Crippen LogP contribution in [0.4, 0.5) is 0 Å². The van der Waals surface area contributed by atoms with Crippen LogP contribution in [0, 0.1) is 0 Å². The molecule has 0 spiro atoms. The molecule has 22 valence electrons. The Kier molecular flexibility index (Phi) is 150. The summed E-state index contributed by atoms with van der Waals surface area (Å²) in [6.07, 6.45) is 0. The van der Waals surface area contributed by atoms with Crippen LogP contribution in [0.2, 0.25) is 0 Å². The summed E-state index contributed by atoms with van der Waals surface area (Å²) in [4.78, 5) is 0. The van der Waals surface area contributed by atoms with Crippen molar-refractivity contribution >= 4 is 18.9 Å². The van der Waals surface area contributed by atoms with Crippen molar-refractivity contribution < 1.29 is 56.2 Å². The van der Waals surface area contributed by atoms with E-state index in [1.807, 2.05) is 0 Å². The molecular weight excluding hydrogens is 214 g/mol. The molecule has 0 aliphatic carbocycles. The van der Waals surface area contributed by atoms with Crippen molar-refractivity contribution in [2.75, 3.05) is 0 Å². The van der Waals surface area contributed by atoms with Gasteiger partial charge in [0.1, 0.15) is 0 Å². The molecule has 0 unspecified atom stereocenters. The minimum atomic E-state index is 0. The largest absolute Gasteiger partial charge is 0 e. The van der Waals surface area contributed by atoms with Gasteiger partial charge < -0.3 is 0 Å². The van der Waals surface area contributed by atoms with Crippen LogP contribution in [0.5, 0.6) is 0 Å². The van der Waals surface area contributed by atoms with Gasteiger partial charge in [-0.3, -0.25) is 0 Å². The molecule has 0 fully saturated rings. The van der Waals surface area contributed by atoms with Crippen molar-refractivity contribution in [1.29, 1.82) is 0 Å². The summed E-state index contributed by atoms with van der Waals surface area (Å²) in [6.45, 7) is 0. The van der Waals surface area contributed by atoms with Crippen molar-refractivity contribution in [3.05, 3.63) is 0 Å². The van der Waals surface area contributed by atoms with Gasteiger partial charge in [0.2, 0.25) is 0 Å². The van der Waals surface area contributed by atoms with Crippen LogP contribution in [-0.4, -0.2) is 18.9 Å².